The van der Waals surface area contributed by atoms with Crippen LogP contribution in [-0.2, 0) is 17.9 Å². The van der Waals surface area contributed by atoms with E-state index in [2.05, 4.69) is 0 Å². The number of benzene rings is 2. The van der Waals surface area contributed by atoms with Gasteiger partial charge in [-0.25, -0.2) is 0 Å². The van der Waals surface area contributed by atoms with Gasteiger partial charge in [-0.05, 0) is 48.7 Å². The van der Waals surface area contributed by atoms with Gasteiger partial charge in [0.2, 0.25) is 12.7 Å². The first kappa shape index (κ1) is 25.7. The van der Waals surface area contributed by atoms with Gasteiger partial charge in [-0.1, -0.05) is 26.0 Å². The number of carbonyl (C=O) groups excluding carboxylic acids is 2. The van der Waals surface area contributed by atoms with E-state index in [9.17, 15) is 19.7 Å². The Morgan fingerprint density at radius 2 is 1.81 bits per heavy atom. The van der Waals surface area contributed by atoms with Crippen molar-refractivity contribution >= 4 is 17.5 Å². The molecular formula is C27H29N3O7. The largest absolute Gasteiger partial charge is 0.467 e. The minimum absolute atomic E-state index is 0.0737. The van der Waals surface area contributed by atoms with Crippen LogP contribution in [0.1, 0.15) is 41.1 Å². The molecule has 0 spiro atoms. The van der Waals surface area contributed by atoms with E-state index < -0.39 is 10.8 Å². The Kier molecular flexibility index (Phi) is 7.76. The number of nitro benzene ring substituents is 1. The van der Waals surface area contributed by atoms with E-state index in [1.165, 1.54) is 17.2 Å². The van der Waals surface area contributed by atoms with Crippen LogP contribution in [0.25, 0.3) is 0 Å². The Balaban J connectivity index is 1.57. The van der Waals surface area contributed by atoms with Gasteiger partial charge in [0.25, 0.3) is 11.6 Å². The Bertz CT molecular complexity index is 1290. The molecule has 2 heterocycles. The third-order valence-corrected chi connectivity index (χ3v) is 5.94. The summed E-state index contributed by atoms with van der Waals surface area (Å²) in [4.78, 5) is 40.9. The molecule has 0 bridgehead atoms. The number of amides is 2. The number of carbonyl (C=O) groups is 2. The molecule has 10 heteroatoms. The fourth-order valence-electron chi connectivity index (χ4n) is 4.13. The number of hydrogen-bond donors (Lipinski definition) is 0. The number of furan rings is 1. The van der Waals surface area contributed by atoms with Gasteiger partial charge in [0.05, 0.1) is 17.7 Å². The lowest BCUT2D eigenvalue weighted by Gasteiger charge is -2.28. The molecule has 2 amide bonds. The SMILES string of the molecule is Cc1ccc(C(=O)N(CC(=O)N(Cc2ccc3c(c2)OCO3)Cc2ccco2)CC(C)C)cc1[N+](=O)[O-]. The van der Waals surface area contributed by atoms with E-state index in [0.29, 0.717) is 29.4 Å². The lowest BCUT2D eigenvalue weighted by atomic mass is 10.1. The molecule has 0 radical (unpaired) electrons. The second-order valence-electron chi connectivity index (χ2n) is 9.35. The highest BCUT2D eigenvalue weighted by Crippen LogP contribution is 2.33. The van der Waals surface area contributed by atoms with Crippen LogP contribution in [0.3, 0.4) is 0 Å². The van der Waals surface area contributed by atoms with Crippen molar-refractivity contribution in [2.45, 2.75) is 33.9 Å². The summed E-state index contributed by atoms with van der Waals surface area (Å²) in [5.74, 6) is 1.21. The normalized spacial score (nSPS) is 12.0. The van der Waals surface area contributed by atoms with Gasteiger partial charge in [0.15, 0.2) is 11.5 Å². The van der Waals surface area contributed by atoms with Crippen molar-refractivity contribution in [1.82, 2.24) is 9.80 Å². The molecule has 2 aromatic carbocycles. The van der Waals surface area contributed by atoms with E-state index >= 15 is 0 Å². The highest BCUT2D eigenvalue weighted by molar-refractivity contribution is 5.97. The maximum atomic E-state index is 13.6. The Labute approximate surface area is 214 Å². The Morgan fingerprint density at radius 3 is 2.51 bits per heavy atom. The summed E-state index contributed by atoms with van der Waals surface area (Å²) >= 11 is 0. The van der Waals surface area contributed by atoms with Gasteiger partial charge < -0.3 is 23.7 Å². The fraction of sp³-hybridized carbons (Fsp3) is 0.333. The zero-order valence-electron chi connectivity index (χ0n) is 21.0. The zero-order chi connectivity index (χ0) is 26.5. The van der Waals surface area contributed by atoms with Gasteiger partial charge in [0.1, 0.15) is 12.3 Å². The second-order valence-corrected chi connectivity index (χ2v) is 9.35. The molecule has 1 aliphatic heterocycles. The van der Waals surface area contributed by atoms with Gasteiger partial charge in [-0.15, -0.1) is 0 Å². The third kappa shape index (κ3) is 6.27. The van der Waals surface area contributed by atoms with Crippen LogP contribution in [0.15, 0.2) is 59.2 Å². The average Bonchev–Trinajstić information content (AvgIpc) is 3.54. The summed E-state index contributed by atoms with van der Waals surface area (Å²) in [6.45, 7) is 6.23. The minimum atomic E-state index is -0.513. The topological polar surface area (TPSA) is 115 Å². The van der Waals surface area contributed by atoms with Crippen molar-refractivity contribution in [2.75, 3.05) is 19.9 Å². The van der Waals surface area contributed by atoms with E-state index in [0.717, 1.165) is 5.56 Å². The smallest absolute Gasteiger partial charge is 0.273 e. The molecule has 4 rings (SSSR count). The fourth-order valence-corrected chi connectivity index (χ4v) is 4.13. The molecule has 0 unspecified atom stereocenters. The van der Waals surface area contributed by atoms with Crippen molar-refractivity contribution in [3.8, 4) is 11.5 Å². The van der Waals surface area contributed by atoms with Crippen molar-refractivity contribution in [3.05, 3.63) is 87.4 Å². The van der Waals surface area contributed by atoms with E-state index in [-0.39, 0.29) is 49.5 Å². The van der Waals surface area contributed by atoms with Crippen molar-refractivity contribution in [1.29, 1.82) is 0 Å². The summed E-state index contributed by atoms with van der Waals surface area (Å²) < 4.78 is 16.3. The molecule has 37 heavy (non-hydrogen) atoms. The molecule has 194 valence electrons. The van der Waals surface area contributed by atoms with Gasteiger partial charge in [0, 0.05) is 30.3 Å². The van der Waals surface area contributed by atoms with Gasteiger partial charge in [-0.2, -0.15) is 0 Å². The lowest BCUT2D eigenvalue weighted by molar-refractivity contribution is -0.385. The summed E-state index contributed by atoms with van der Waals surface area (Å²) in [6, 6.07) is 13.4. The lowest BCUT2D eigenvalue weighted by Crippen LogP contribution is -2.43. The van der Waals surface area contributed by atoms with Crippen LogP contribution in [0.2, 0.25) is 0 Å². The number of hydrogen-bond acceptors (Lipinski definition) is 7. The number of aryl methyl sites for hydroxylation is 1. The molecule has 1 aromatic heterocycles. The number of nitrogens with zero attached hydrogens (tertiary/aromatic N) is 3. The third-order valence-electron chi connectivity index (χ3n) is 5.94. The monoisotopic (exact) mass is 507 g/mol. The van der Waals surface area contributed by atoms with Crippen LogP contribution >= 0.6 is 0 Å². The molecule has 0 fully saturated rings. The van der Waals surface area contributed by atoms with Crippen LogP contribution in [0.5, 0.6) is 11.5 Å². The predicted octanol–water partition coefficient (Wildman–Crippen LogP) is 4.55. The summed E-state index contributed by atoms with van der Waals surface area (Å²) in [5.41, 5.74) is 1.32. The van der Waals surface area contributed by atoms with Crippen molar-refractivity contribution in [2.24, 2.45) is 5.92 Å². The summed E-state index contributed by atoms with van der Waals surface area (Å²) in [7, 11) is 0. The van der Waals surface area contributed by atoms with Crippen molar-refractivity contribution in [3.63, 3.8) is 0 Å². The van der Waals surface area contributed by atoms with E-state index in [4.69, 9.17) is 13.9 Å². The first-order valence-corrected chi connectivity index (χ1v) is 11.9. The maximum absolute atomic E-state index is 13.6. The number of ether oxygens (including phenoxy) is 2. The first-order valence-electron chi connectivity index (χ1n) is 11.9. The standard InChI is InChI=1S/C27H29N3O7/c1-18(2)13-29(27(32)21-8-6-19(3)23(12-21)30(33)34)16-26(31)28(15-22-5-4-10-35-22)14-20-7-9-24-25(11-20)37-17-36-24/h4-12,18H,13-17H2,1-3H3. The average molecular weight is 508 g/mol. The molecule has 0 saturated heterocycles. The van der Waals surface area contributed by atoms with Crippen LogP contribution in [0.4, 0.5) is 5.69 Å². The Hall–Kier alpha value is -4.34. The number of nitro groups is 1. The first-order chi connectivity index (χ1) is 17.7. The second kappa shape index (κ2) is 11.2. The van der Waals surface area contributed by atoms with E-state index in [1.54, 1.807) is 42.2 Å². The predicted molar refractivity (Wildman–Crippen MR) is 134 cm³/mol. The zero-order valence-corrected chi connectivity index (χ0v) is 21.0. The number of fused-ring (bicyclic) bond motifs is 1. The van der Waals surface area contributed by atoms with E-state index in [1.807, 2.05) is 26.0 Å². The maximum Gasteiger partial charge on any atom is 0.273 e. The minimum Gasteiger partial charge on any atom is -0.467 e. The summed E-state index contributed by atoms with van der Waals surface area (Å²) in [5, 5.41) is 11.4. The van der Waals surface area contributed by atoms with Crippen LogP contribution in [0, 0.1) is 23.0 Å². The van der Waals surface area contributed by atoms with Gasteiger partial charge >= 0.3 is 0 Å². The molecule has 0 saturated carbocycles. The van der Waals surface area contributed by atoms with Crippen LogP contribution in [-0.4, -0.2) is 46.4 Å². The molecule has 10 nitrogen and oxygen atoms in total. The molecular weight excluding hydrogens is 478 g/mol. The summed E-state index contributed by atoms with van der Waals surface area (Å²) in [6.07, 6.45) is 1.54. The van der Waals surface area contributed by atoms with Crippen LogP contribution < -0.4 is 9.47 Å². The molecule has 0 N–H and O–H groups in total. The van der Waals surface area contributed by atoms with Crippen molar-refractivity contribution < 1.29 is 28.4 Å². The highest BCUT2D eigenvalue weighted by Gasteiger charge is 2.26. The molecule has 0 atom stereocenters. The molecule has 3 aromatic rings. The molecule has 0 aliphatic carbocycles. The Morgan fingerprint density at radius 1 is 1.03 bits per heavy atom. The number of rotatable bonds is 10. The molecule has 1 aliphatic rings. The highest BCUT2D eigenvalue weighted by atomic mass is 16.7. The van der Waals surface area contributed by atoms with Gasteiger partial charge in [-0.3, -0.25) is 19.7 Å². The quantitative estimate of drug-likeness (QED) is 0.292.